The molecular formula is C23H28N4O2. The summed E-state index contributed by atoms with van der Waals surface area (Å²) in [5.74, 6) is 2.42. The fourth-order valence-corrected chi connectivity index (χ4v) is 3.12. The number of ether oxygens (including phenoxy) is 2. The van der Waals surface area contributed by atoms with E-state index in [2.05, 4.69) is 49.1 Å². The predicted octanol–water partition coefficient (Wildman–Crippen LogP) is 4.68. The fourth-order valence-electron chi connectivity index (χ4n) is 3.12. The number of methoxy groups -OCH3 is 1. The number of nitrogens with zero attached hydrogens (tertiary/aromatic N) is 3. The number of hydrogen-bond acceptors (Lipinski definition) is 5. The van der Waals surface area contributed by atoms with Crippen molar-refractivity contribution in [2.24, 2.45) is 5.10 Å². The van der Waals surface area contributed by atoms with Crippen LogP contribution < -0.4 is 15.2 Å². The minimum atomic E-state index is 0.358. The van der Waals surface area contributed by atoms with Gasteiger partial charge in [0.2, 0.25) is 5.95 Å². The van der Waals surface area contributed by atoms with Crippen molar-refractivity contribution in [3.8, 4) is 11.5 Å². The van der Waals surface area contributed by atoms with Crippen LogP contribution in [0.25, 0.3) is 0 Å². The predicted molar refractivity (Wildman–Crippen MR) is 117 cm³/mol. The Morgan fingerprint density at radius 2 is 1.93 bits per heavy atom. The van der Waals surface area contributed by atoms with Crippen LogP contribution in [0.5, 0.6) is 11.5 Å². The summed E-state index contributed by atoms with van der Waals surface area (Å²) >= 11 is 0. The molecule has 0 atom stereocenters. The van der Waals surface area contributed by atoms with Gasteiger partial charge in [0.1, 0.15) is 18.1 Å². The van der Waals surface area contributed by atoms with Crippen molar-refractivity contribution in [1.29, 1.82) is 0 Å². The monoisotopic (exact) mass is 392 g/mol. The normalized spacial score (nSPS) is 11.4. The van der Waals surface area contributed by atoms with E-state index in [4.69, 9.17) is 15.2 Å². The Hall–Kier alpha value is -3.28. The molecule has 2 aromatic carbocycles. The van der Waals surface area contributed by atoms with Crippen LogP contribution in [0, 0.1) is 13.8 Å². The molecule has 0 saturated heterocycles. The van der Waals surface area contributed by atoms with Crippen molar-refractivity contribution in [2.75, 3.05) is 12.8 Å². The van der Waals surface area contributed by atoms with Crippen molar-refractivity contribution >= 4 is 12.2 Å². The van der Waals surface area contributed by atoms with Gasteiger partial charge in [0.25, 0.3) is 0 Å². The molecule has 3 rings (SSSR count). The van der Waals surface area contributed by atoms with Gasteiger partial charge in [-0.15, -0.1) is 0 Å². The number of rotatable bonds is 7. The van der Waals surface area contributed by atoms with Crippen molar-refractivity contribution in [1.82, 2.24) is 9.66 Å². The topological polar surface area (TPSA) is 74.7 Å². The van der Waals surface area contributed by atoms with Crippen molar-refractivity contribution < 1.29 is 9.47 Å². The Labute approximate surface area is 172 Å². The lowest BCUT2D eigenvalue weighted by atomic mass is 10.0. The van der Waals surface area contributed by atoms with Crippen molar-refractivity contribution in [3.05, 3.63) is 70.5 Å². The van der Waals surface area contributed by atoms with Gasteiger partial charge in [0.15, 0.2) is 0 Å². The van der Waals surface area contributed by atoms with E-state index in [0.29, 0.717) is 18.5 Å². The van der Waals surface area contributed by atoms with Gasteiger partial charge in [-0.05, 0) is 60.7 Å². The maximum atomic E-state index is 6.19. The molecule has 0 aliphatic carbocycles. The van der Waals surface area contributed by atoms with E-state index in [9.17, 15) is 0 Å². The average molecular weight is 393 g/mol. The third-order valence-electron chi connectivity index (χ3n) is 4.64. The van der Waals surface area contributed by atoms with Crippen LogP contribution in [0.3, 0.4) is 0 Å². The highest BCUT2D eigenvalue weighted by molar-refractivity contribution is 5.80. The summed E-state index contributed by atoms with van der Waals surface area (Å²) in [6, 6.07) is 12.2. The third-order valence-corrected chi connectivity index (χ3v) is 4.64. The van der Waals surface area contributed by atoms with E-state index >= 15 is 0 Å². The molecule has 0 aliphatic rings. The summed E-state index contributed by atoms with van der Waals surface area (Å²) in [4.78, 5) is 4.15. The van der Waals surface area contributed by atoms with Gasteiger partial charge in [-0.1, -0.05) is 26.0 Å². The van der Waals surface area contributed by atoms with E-state index in [1.807, 2.05) is 25.1 Å². The highest BCUT2D eigenvalue weighted by atomic mass is 16.5. The minimum Gasteiger partial charge on any atom is -0.496 e. The Bertz CT molecular complexity index is 1020. The molecule has 0 bridgehead atoms. The number of aromatic nitrogens is 2. The molecule has 0 amide bonds. The van der Waals surface area contributed by atoms with Crippen molar-refractivity contribution in [3.63, 3.8) is 0 Å². The molecule has 1 heterocycles. The first-order valence-corrected chi connectivity index (χ1v) is 9.63. The second kappa shape index (κ2) is 8.82. The largest absolute Gasteiger partial charge is 0.496 e. The summed E-state index contributed by atoms with van der Waals surface area (Å²) in [5, 5.41) is 4.38. The van der Waals surface area contributed by atoms with E-state index in [-0.39, 0.29) is 0 Å². The van der Waals surface area contributed by atoms with Gasteiger partial charge in [-0.25, -0.2) is 9.66 Å². The van der Waals surface area contributed by atoms with Crippen LogP contribution in [0.15, 0.2) is 47.7 Å². The molecule has 0 unspecified atom stereocenters. The summed E-state index contributed by atoms with van der Waals surface area (Å²) in [6.07, 6.45) is 3.52. The Kier molecular flexibility index (Phi) is 6.22. The fraction of sp³-hybridized carbons (Fsp3) is 0.304. The quantitative estimate of drug-likeness (QED) is 0.593. The maximum absolute atomic E-state index is 6.19. The lowest BCUT2D eigenvalue weighted by Gasteiger charge is -2.16. The summed E-state index contributed by atoms with van der Waals surface area (Å²) in [6.45, 7) is 8.68. The SMILES string of the molecule is COc1ccc(C=Nn2cc(C)nc2N)cc1COc1cc(C)ccc1C(C)C. The number of aryl methyl sites for hydroxylation is 2. The molecule has 6 heteroatoms. The third kappa shape index (κ3) is 4.96. The van der Waals surface area contributed by atoms with Gasteiger partial charge in [-0.2, -0.15) is 5.10 Å². The summed E-state index contributed by atoms with van der Waals surface area (Å²) < 4.78 is 13.3. The van der Waals surface area contributed by atoms with Crippen LogP contribution in [0.4, 0.5) is 5.95 Å². The molecule has 0 aliphatic heterocycles. The number of benzene rings is 2. The van der Waals surface area contributed by atoms with Gasteiger partial charge >= 0.3 is 0 Å². The number of nitrogen functional groups attached to an aromatic ring is 1. The molecule has 6 nitrogen and oxygen atoms in total. The van der Waals surface area contributed by atoms with Crippen LogP contribution in [-0.2, 0) is 6.61 Å². The molecule has 1 aromatic heterocycles. The molecule has 152 valence electrons. The van der Waals surface area contributed by atoms with Gasteiger partial charge < -0.3 is 15.2 Å². The smallest absolute Gasteiger partial charge is 0.221 e. The van der Waals surface area contributed by atoms with Crippen LogP contribution in [0.1, 0.15) is 47.7 Å². The molecule has 0 fully saturated rings. The number of nitrogens with two attached hydrogens (primary N) is 1. The zero-order valence-electron chi connectivity index (χ0n) is 17.6. The zero-order chi connectivity index (χ0) is 21.0. The summed E-state index contributed by atoms with van der Waals surface area (Å²) in [5.41, 5.74) is 10.9. The molecule has 2 N–H and O–H groups in total. The number of anilines is 1. The number of imidazole rings is 1. The van der Waals surface area contributed by atoms with E-state index in [1.165, 1.54) is 11.1 Å². The lowest BCUT2D eigenvalue weighted by molar-refractivity contribution is 0.292. The minimum absolute atomic E-state index is 0.358. The molecule has 3 aromatic rings. The highest BCUT2D eigenvalue weighted by Gasteiger charge is 2.11. The zero-order valence-corrected chi connectivity index (χ0v) is 17.6. The highest BCUT2D eigenvalue weighted by Crippen LogP contribution is 2.29. The van der Waals surface area contributed by atoms with E-state index < -0.39 is 0 Å². The first-order chi connectivity index (χ1) is 13.9. The van der Waals surface area contributed by atoms with E-state index in [0.717, 1.165) is 28.3 Å². The van der Waals surface area contributed by atoms with E-state index in [1.54, 1.807) is 24.2 Å². The van der Waals surface area contributed by atoms with Gasteiger partial charge in [0.05, 0.1) is 25.2 Å². The second-order valence-electron chi connectivity index (χ2n) is 7.39. The molecule has 0 spiro atoms. The first-order valence-electron chi connectivity index (χ1n) is 9.63. The van der Waals surface area contributed by atoms with Crippen LogP contribution in [0.2, 0.25) is 0 Å². The first kappa shape index (κ1) is 20.5. The van der Waals surface area contributed by atoms with Crippen LogP contribution >= 0.6 is 0 Å². The average Bonchev–Trinajstić information content (AvgIpc) is 3.01. The lowest BCUT2D eigenvalue weighted by Crippen LogP contribution is -2.03. The number of hydrogen-bond donors (Lipinski definition) is 1. The van der Waals surface area contributed by atoms with Crippen LogP contribution in [-0.4, -0.2) is 23.0 Å². The van der Waals surface area contributed by atoms with Gasteiger partial charge in [0, 0.05) is 5.56 Å². The maximum Gasteiger partial charge on any atom is 0.221 e. The summed E-state index contributed by atoms with van der Waals surface area (Å²) in [7, 11) is 1.66. The Morgan fingerprint density at radius 3 is 2.59 bits per heavy atom. The molecule has 29 heavy (non-hydrogen) atoms. The Balaban J connectivity index is 1.83. The second-order valence-corrected chi connectivity index (χ2v) is 7.39. The molecule has 0 saturated carbocycles. The molecule has 0 radical (unpaired) electrons. The van der Waals surface area contributed by atoms with Crippen molar-refractivity contribution in [2.45, 2.75) is 40.2 Å². The molecular weight excluding hydrogens is 364 g/mol. The van der Waals surface area contributed by atoms with Gasteiger partial charge in [-0.3, -0.25) is 0 Å². The standard InChI is InChI=1S/C23H28N4O2/c1-15(2)20-8-6-16(3)10-22(20)29-14-19-11-18(7-9-21(19)28-5)12-25-27-13-17(4)26-23(27)24/h6-13,15H,14H2,1-5H3,(H2,24,26). The Morgan fingerprint density at radius 1 is 1.14 bits per heavy atom.